The minimum absolute atomic E-state index is 0.0292. The highest BCUT2D eigenvalue weighted by Crippen LogP contribution is 2.17. The normalized spacial score (nSPS) is 13.7. The monoisotopic (exact) mass is 482 g/mol. The Morgan fingerprint density at radius 3 is 2.10 bits per heavy atom. The third-order valence-corrected chi connectivity index (χ3v) is 4.87. The standard InChI is InChI=1S/C22H31BrN2O5/c1-14(15-10-8-7-9-11-15)19(28)25-22(5,6)20(29)24-16(17(26)13-23)12-18(27)30-21(2,3)4/h7-11,14,16H,12-13H2,1-6H3,(H,24,29)(H,25,28). The Morgan fingerprint density at radius 2 is 1.60 bits per heavy atom. The van der Waals surface area contributed by atoms with Gasteiger partial charge in [-0.3, -0.25) is 19.2 Å². The van der Waals surface area contributed by atoms with Crippen LogP contribution in [0.15, 0.2) is 30.3 Å². The number of carbonyl (C=O) groups excluding carboxylic acids is 4. The smallest absolute Gasteiger partial charge is 0.308 e. The van der Waals surface area contributed by atoms with Crippen LogP contribution in [0.1, 0.15) is 59.4 Å². The molecule has 2 N–H and O–H groups in total. The zero-order chi connectivity index (χ0) is 23.1. The van der Waals surface area contributed by atoms with Crippen molar-refractivity contribution < 1.29 is 23.9 Å². The van der Waals surface area contributed by atoms with Gasteiger partial charge in [-0.25, -0.2) is 0 Å². The van der Waals surface area contributed by atoms with Crippen molar-refractivity contribution in [2.24, 2.45) is 0 Å². The van der Waals surface area contributed by atoms with E-state index in [1.165, 1.54) is 0 Å². The number of alkyl halides is 1. The number of nitrogens with one attached hydrogen (secondary N) is 2. The molecule has 1 rings (SSSR count). The molecular formula is C22H31BrN2O5. The van der Waals surface area contributed by atoms with Crippen molar-refractivity contribution in [2.75, 3.05) is 5.33 Å². The number of hydrogen-bond acceptors (Lipinski definition) is 5. The molecule has 0 saturated carbocycles. The van der Waals surface area contributed by atoms with Crippen molar-refractivity contribution >= 4 is 39.5 Å². The molecule has 0 heterocycles. The van der Waals surface area contributed by atoms with Crippen molar-refractivity contribution in [3.8, 4) is 0 Å². The highest BCUT2D eigenvalue weighted by Gasteiger charge is 2.35. The fourth-order valence-corrected chi connectivity index (χ4v) is 2.98. The Hall–Kier alpha value is -2.22. The van der Waals surface area contributed by atoms with Gasteiger partial charge in [0.25, 0.3) is 0 Å². The lowest BCUT2D eigenvalue weighted by Crippen LogP contribution is -2.58. The number of ketones is 1. The van der Waals surface area contributed by atoms with Crippen LogP contribution in [0, 0.1) is 0 Å². The number of rotatable bonds is 9. The fraction of sp³-hybridized carbons (Fsp3) is 0.545. The minimum Gasteiger partial charge on any atom is -0.460 e. The van der Waals surface area contributed by atoms with Crippen molar-refractivity contribution in [2.45, 2.75) is 71.1 Å². The molecule has 0 saturated heterocycles. The molecule has 7 nitrogen and oxygen atoms in total. The molecule has 0 aliphatic carbocycles. The van der Waals surface area contributed by atoms with Crippen molar-refractivity contribution in [1.29, 1.82) is 0 Å². The molecule has 0 radical (unpaired) electrons. The van der Waals surface area contributed by atoms with Crippen LogP contribution in [-0.4, -0.2) is 46.1 Å². The second-order valence-electron chi connectivity index (χ2n) is 8.66. The average Bonchev–Trinajstić information content (AvgIpc) is 2.64. The maximum absolute atomic E-state index is 12.8. The van der Waals surface area contributed by atoms with Crippen LogP contribution in [-0.2, 0) is 23.9 Å². The lowest BCUT2D eigenvalue weighted by molar-refractivity contribution is -0.156. The van der Waals surface area contributed by atoms with Crippen LogP contribution in [0.3, 0.4) is 0 Å². The van der Waals surface area contributed by atoms with Gasteiger partial charge >= 0.3 is 5.97 Å². The molecule has 0 bridgehead atoms. The number of amides is 2. The topological polar surface area (TPSA) is 102 Å². The maximum atomic E-state index is 12.8. The first-order chi connectivity index (χ1) is 13.8. The zero-order valence-electron chi connectivity index (χ0n) is 18.4. The Balaban J connectivity index is 2.84. The van der Waals surface area contributed by atoms with Gasteiger partial charge in [0.1, 0.15) is 11.1 Å². The molecule has 166 valence electrons. The summed E-state index contributed by atoms with van der Waals surface area (Å²) in [4.78, 5) is 49.8. The van der Waals surface area contributed by atoms with Crippen LogP contribution < -0.4 is 10.6 Å². The largest absolute Gasteiger partial charge is 0.460 e. The summed E-state index contributed by atoms with van der Waals surface area (Å²) in [5.41, 5.74) is -1.17. The summed E-state index contributed by atoms with van der Waals surface area (Å²) < 4.78 is 5.25. The third-order valence-electron chi connectivity index (χ3n) is 4.31. The molecule has 0 fully saturated rings. The van der Waals surface area contributed by atoms with E-state index >= 15 is 0 Å². The molecule has 1 aromatic carbocycles. The van der Waals surface area contributed by atoms with E-state index in [9.17, 15) is 19.2 Å². The van der Waals surface area contributed by atoms with E-state index in [4.69, 9.17) is 4.74 Å². The number of ether oxygens (including phenoxy) is 1. The van der Waals surface area contributed by atoms with Gasteiger partial charge < -0.3 is 15.4 Å². The summed E-state index contributed by atoms with van der Waals surface area (Å²) in [6.45, 7) is 9.99. The first-order valence-corrected chi connectivity index (χ1v) is 10.9. The van der Waals surface area contributed by atoms with E-state index in [1.54, 1.807) is 41.5 Å². The Morgan fingerprint density at radius 1 is 1.03 bits per heavy atom. The molecule has 30 heavy (non-hydrogen) atoms. The average molecular weight is 483 g/mol. The molecule has 0 aliphatic heterocycles. The van der Waals surface area contributed by atoms with Gasteiger partial charge in [0.05, 0.1) is 23.7 Å². The van der Waals surface area contributed by atoms with E-state index in [0.717, 1.165) is 5.56 Å². The van der Waals surface area contributed by atoms with E-state index < -0.39 is 35.0 Å². The van der Waals surface area contributed by atoms with Crippen LogP contribution in [0.5, 0.6) is 0 Å². The Labute approximate surface area is 186 Å². The number of esters is 1. The van der Waals surface area contributed by atoms with Crippen LogP contribution in [0.25, 0.3) is 0 Å². The van der Waals surface area contributed by atoms with Crippen LogP contribution >= 0.6 is 15.9 Å². The number of halogens is 1. The predicted octanol–water partition coefficient (Wildman–Crippen LogP) is 2.87. The van der Waals surface area contributed by atoms with Gasteiger partial charge in [0.15, 0.2) is 5.78 Å². The molecule has 0 spiro atoms. The highest BCUT2D eigenvalue weighted by atomic mass is 79.9. The quantitative estimate of drug-likeness (QED) is 0.416. The van der Waals surface area contributed by atoms with E-state index in [-0.39, 0.29) is 23.4 Å². The second kappa shape index (κ2) is 10.7. The number of benzene rings is 1. The van der Waals surface area contributed by atoms with Gasteiger partial charge in [-0.1, -0.05) is 46.3 Å². The highest BCUT2D eigenvalue weighted by molar-refractivity contribution is 9.09. The summed E-state index contributed by atoms with van der Waals surface area (Å²) in [5.74, 6) is -2.31. The van der Waals surface area contributed by atoms with Gasteiger partial charge in [0.2, 0.25) is 11.8 Å². The van der Waals surface area contributed by atoms with Gasteiger partial charge in [-0.2, -0.15) is 0 Å². The molecule has 2 unspecified atom stereocenters. The Bertz CT molecular complexity index is 771. The third kappa shape index (κ3) is 8.26. The lowest BCUT2D eigenvalue weighted by atomic mass is 9.97. The zero-order valence-corrected chi connectivity index (χ0v) is 20.0. The van der Waals surface area contributed by atoms with Gasteiger partial charge in [-0.15, -0.1) is 0 Å². The summed E-state index contributed by atoms with van der Waals surface area (Å²) in [6.07, 6.45) is -0.294. The first kappa shape index (κ1) is 25.8. The summed E-state index contributed by atoms with van der Waals surface area (Å²) in [7, 11) is 0. The fourth-order valence-electron chi connectivity index (χ4n) is 2.59. The van der Waals surface area contributed by atoms with Crippen molar-refractivity contribution in [3.63, 3.8) is 0 Å². The lowest BCUT2D eigenvalue weighted by Gasteiger charge is -2.29. The van der Waals surface area contributed by atoms with Crippen molar-refractivity contribution in [3.05, 3.63) is 35.9 Å². The second-order valence-corrected chi connectivity index (χ2v) is 9.22. The summed E-state index contributed by atoms with van der Waals surface area (Å²) >= 11 is 3.07. The molecule has 2 amide bonds. The maximum Gasteiger partial charge on any atom is 0.308 e. The van der Waals surface area contributed by atoms with Crippen LogP contribution in [0.4, 0.5) is 0 Å². The molecule has 0 aromatic heterocycles. The van der Waals surface area contributed by atoms with Gasteiger partial charge in [-0.05, 0) is 47.1 Å². The minimum atomic E-state index is -1.29. The number of Topliss-reactive ketones (excluding diaryl/α,β-unsaturated/α-hetero) is 1. The number of carbonyl (C=O) groups is 4. The van der Waals surface area contributed by atoms with Gasteiger partial charge in [0, 0.05) is 0 Å². The Kier molecular flexibility index (Phi) is 9.21. The van der Waals surface area contributed by atoms with E-state index in [0.29, 0.717) is 0 Å². The van der Waals surface area contributed by atoms with Crippen molar-refractivity contribution in [1.82, 2.24) is 10.6 Å². The van der Waals surface area contributed by atoms with E-state index in [1.807, 2.05) is 30.3 Å². The summed E-state index contributed by atoms with van der Waals surface area (Å²) in [5, 5.41) is 5.26. The van der Waals surface area contributed by atoms with Crippen LogP contribution in [0.2, 0.25) is 0 Å². The molecule has 8 heteroatoms. The number of hydrogen-bond donors (Lipinski definition) is 2. The summed E-state index contributed by atoms with van der Waals surface area (Å²) in [6, 6.07) is 8.14. The molecular weight excluding hydrogens is 452 g/mol. The molecule has 0 aliphatic rings. The first-order valence-electron chi connectivity index (χ1n) is 9.75. The predicted molar refractivity (Wildman–Crippen MR) is 118 cm³/mol. The molecule has 2 atom stereocenters. The SMILES string of the molecule is CC(C(=O)NC(C)(C)C(=O)NC(CC(=O)OC(C)(C)C)C(=O)CBr)c1ccccc1. The van der Waals surface area contributed by atoms with E-state index in [2.05, 4.69) is 26.6 Å². The molecule has 1 aromatic rings.